The maximum atomic E-state index is 9.12. The molecule has 2 aliphatic rings. The fourth-order valence-corrected chi connectivity index (χ4v) is 3.84. The number of aliphatic hydroxyl groups is 1. The number of nitrogens with zero attached hydrogens (tertiary/aromatic N) is 4. The van der Waals surface area contributed by atoms with Gasteiger partial charge in [-0.05, 0) is 43.7 Å². The number of hydrogen-bond acceptors (Lipinski definition) is 6. The van der Waals surface area contributed by atoms with Crippen LogP contribution in [-0.4, -0.2) is 66.1 Å². The molecule has 4 rings (SSSR count). The molecule has 1 aromatic carbocycles. The third-order valence-corrected chi connectivity index (χ3v) is 5.25. The van der Waals surface area contributed by atoms with E-state index in [1.54, 1.807) is 0 Å². The van der Waals surface area contributed by atoms with E-state index in [1.807, 2.05) is 32.2 Å². The summed E-state index contributed by atoms with van der Waals surface area (Å²) < 4.78 is 5.87. The van der Waals surface area contributed by atoms with Crippen LogP contribution in [0.2, 0.25) is 0 Å². The lowest BCUT2D eigenvalue weighted by Gasteiger charge is -2.35. The highest BCUT2D eigenvalue weighted by molar-refractivity contribution is 6.15. The fourth-order valence-electron chi connectivity index (χ4n) is 3.84. The van der Waals surface area contributed by atoms with Gasteiger partial charge in [0.1, 0.15) is 11.6 Å². The van der Waals surface area contributed by atoms with Gasteiger partial charge in [0.15, 0.2) is 0 Å². The molecule has 0 amide bonds. The minimum absolute atomic E-state index is 0.150. The van der Waals surface area contributed by atoms with Crippen LogP contribution in [0.25, 0.3) is 0 Å². The predicted molar refractivity (Wildman–Crippen MR) is 112 cm³/mol. The Hall–Kier alpha value is -2.44. The summed E-state index contributed by atoms with van der Waals surface area (Å²) in [4.78, 5) is 14.0. The normalized spacial score (nSPS) is 17.0. The zero-order chi connectivity index (χ0) is 19.5. The molecule has 0 unspecified atom stereocenters. The first-order valence-electron chi connectivity index (χ1n) is 10.0. The largest absolute Gasteiger partial charge is 0.491 e. The number of rotatable bonds is 6. The molecule has 1 saturated heterocycles. The molecular formula is C22H28N4O2. The molecule has 0 atom stereocenters. The van der Waals surface area contributed by atoms with E-state index < -0.39 is 0 Å². The monoisotopic (exact) mass is 380 g/mol. The molecule has 1 aromatic heterocycles. The minimum atomic E-state index is 0.150. The third kappa shape index (κ3) is 4.03. The smallest absolute Gasteiger partial charge is 0.129 e. The van der Waals surface area contributed by atoms with Crippen LogP contribution in [-0.2, 0) is 6.54 Å². The Morgan fingerprint density at radius 2 is 1.93 bits per heavy atom. The van der Waals surface area contributed by atoms with Crippen LogP contribution < -0.4 is 9.64 Å². The van der Waals surface area contributed by atoms with Gasteiger partial charge in [0.2, 0.25) is 0 Å². The van der Waals surface area contributed by atoms with Gasteiger partial charge in [-0.2, -0.15) is 0 Å². The van der Waals surface area contributed by atoms with E-state index >= 15 is 0 Å². The van der Waals surface area contributed by atoms with Crippen molar-refractivity contribution in [2.45, 2.75) is 26.5 Å². The van der Waals surface area contributed by atoms with Crippen LogP contribution in [0.4, 0.5) is 5.82 Å². The maximum absolute atomic E-state index is 9.12. The van der Waals surface area contributed by atoms with Crippen molar-refractivity contribution in [3.05, 3.63) is 53.2 Å². The molecule has 28 heavy (non-hydrogen) atoms. The summed E-state index contributed by atoms with van der Waals surface area (Å²) in [6.07, 6.45) is 2.02. The van der Waals surface area contributed by atoms with Gasteiger partial charge in [0, 0.05) is 50.0 Å². The Balaban J connectivity index is 1.54. The molecule has 0 saturated carbocycles. The van der Waals surface area contributed by atoms with E-state index in [9.17, 15) is 0 Å². The lowest BCUT2D eigenvalue weighted by atomic mass is 10.0. The number of β-amino-alcohol motifs (C(OH)–C–C–N with tert-alkyl or cyclic N) is 1. The number of aliphatic imine (C=N–C) groups is 1. The minimum Gasteiger partial charge on any atom is -0.491 e. The van der Waals surface area contributed by atoms with E-state index in [1.165, 1.54) is 5.56 Å². The number of benzene rings is 1. The summed E-state index contributed by atoms with van der Waals surface area (Å²) in [5.74, 6) is 1.88. The van der Waals surface area contributed by atoms with Gasteiger partial charge in [-0.3, -0.25) is 9.89 Å². The number of piperazine rings is 1. The van der Waals surface area contributed by atoms with Crippen molar-refractivity contribution in [3.8, 4) is 5.75 Å². The highest BCUT2D eigenvalue weighted by Crippen LogP contribution is 2.28. The van der Waals surface area contributed by atoms with E-state index in [2.05, 4.69) is 33.0 Å². The maximum Gasteiger partial charge on any atom is 0.129 e. The highest BCUT2D eigenvalue weighted by Gasteiger charge is 2.21. The first-order chi connectivity index (χ1) is 13.6. The number of pyridine rings is 1. The van der Waals surface area contributed by atoms with Gasteiger partial charge in [0.05, 0.1) is 25.0 Å². The number of aliphatic hydroxyl groups excluding tert-OH is 1. The standard InChI is InChI=1S/C22H28N4O2/c1-16(2)28-19-4-3-18-15-24-22(20(18)14-19)17-5-6-23-21(13-17)26-9-7-25(8-10-26)11-12-27/h3-6,13-14,16,27H,7-12,15H2,1-2H3. The van der Waals surface area contributed by atoms with Gasteiger partial charge >= 0.3 is 0 Å². The Kier molecular flexibility index (Phi) is 5.59. The van der Waals surface area contributed by atoms with Crippen molar-refractivity contribution in [2.75, 3.05) is 44.2 Å². The third-order valence-electron chi connectivity index (χ3n) is 5.25. The van der Waals surface area contributed by atoms with Crippen LogP contribution in [0.15, 0.2) is 41.5 Å². The van der Waals surface area contributed by atoms with E-state index in [4.69, 9.17) is 14.8 Å². The topological polar surface area (TPSA) is 61.2 Å². The van der Waals surface area contributed by atoms with E-state index in [0.29, 0.717) is 6.54 Å². The summed E-state index contributed by atoms with van der Waals surface area (Å²) in [6.45, 7) is 9.50. The molecule has 0 bridgehead atoms. The second-order valence-corrected chi connectivity index (χ2v) is 7.61. The number of ether oxygens (including phenoxy) is 1. The SMILES string of the molecule is CC(C)Oc1ccc2c(c1)C(c1ccnc(N3CCN(CCO)CC3)c1)=NC2. The second-order valence-electron chi connectivity index (χ2n) is 7.61. The average Bonchev–Trinajstić information content (AvgIpc) is 3.12. The molecule has 0 radical (unpaired) electrons. The molecule has 1 fully saturated rings. The molecular weight excluding hydrogens is 352 g/mol. The Morgan fingerprint density at radius 1 is 1.11 bits per heavy atom. The summed E-state index contributed by atoms with van der Waals surface area (Å²) in [6, 6.07) is 10.4. The van der Waals surface area contributed by atoms with Gasteiger partial charge in [0.25, 0.3) is 0 Å². The van der Waals surface area contributed by atoms with Gasteiger partial charge in [-0.15, -0.1) is 0 Å². The Labute approximate surface area is 166 Å². The summed E-state index contributed by atoms with van der Waals surface area (Å²) in [7, 11) is 0. The van der Waals surface area contributed by atoms with Crippen LogP contribution >= 0.6 is 0 Å². The van der Waals surface area contributed by atoms with Crippen LogP contribution in [0, 0.1) is 0 Å². The summed E-state index contributed by atoms with van der Waals surface area (Å²) in [5, 5.41) is 9.12. The zero-order valence-electron chi connectivity index (χ0n) is 16.6. The first kappa shape index (κ1) is 18.9. The Bertz CT molecular complexity index is 857. The number of aromatic nitrogens is 1. The molecule has 3 heterocycles. The van der Waals surface area contributed by atoms with E-state index in [-0.39, 0.29) is 12.7 Å². The van der Waals surface area contributed by atoms with Gasteiger partial charge < -0.3 is 14.7 Å². The first-order valence-corrected chi connectivity index (χ1v) is 10.0. The molecule has 1 N–H and O–H groups in total. The van der Waals surface area contributed by atoms with Crippen LogP contribution in [0.3, 0.4) is 0 Å². The van der Waals surface area contributed by atoms with Gasteiger partial charge in [-0.25, -0.2) is 4.98 Å². The molecule has 0 aliphatic carbocycles. The van der Waals surface area contributed by atoms with Crippen molar-refractivity contribution < 1.29 is 9.84 Å². The zero-order valence-corrected chi connectivity index (χ0v) is 16.6. The van der Waals surface area contributed by atoms with Crippen molar-refractivity contribution >= 4 is 11.5 Å². The average molecular weight is 380 g/mol. The van der Waals surface area contributed by atoms with Crippen LogP contribution in [0.5, 0.6) is 5.75 Å². The number of fused-ring (bicyclic) bond motifs is 1. The number of hydrogen-bond donors (Lipinski definition) is 1. The molecule has 0 spiro atoms. The summed E-state index contributed by atoms with van der Waals surface area (Å²) in [5.41, 5.74) is 4.51. The number of anilines is 1. The van der Waals surface area contributed by atoms with Crippen molar-refractivity contribution in [2.24, 2.45) is 4.99 Å². The molecule has 2 aliphatic heterocycles. The van der Waals surface area contributed by atoms with Crippen molar-refractivity contribution in [1.29, 1.82) is 0 Å². The van der Waals surface area contributed by atoms with Crippen LogP contribution in [0.1, 0.15) is 30.5 Å². The lowest BCUT2D eigenvalue weighted by molar-refractivity contribution is 0.188. The fraction of sp³-hybridized carbons (Fsp3) is 0.455. The molecule has 6 heteroatoms. The predicted octanol–water partition coefficient (Wildman–Crippen LogP) is 2.33. The molecule has 6 nitrogen and oxygen atoms in total. The highest BCUT2D eigenvalue weighted by atomic mass is 16.5. The summed E-state index contributed by atoms with van der Waals surface area (Å²) >= 11 is 0. The molecule has 148 valence electrons. The van der Waals surface area contributed by atoms with E-state index in [0.717, 1.165) is 61.1 Å². The quantitative estimate of drug-likeness (QED) is 0.834. The molecule has 2 aromatic rings. The van der Waals surface area contributed by atoms with Crippen molar-refractivity contribution in [3.63, 3.8) is 0 Å². The lowest BCUT2D eigenvalue weighted by Crippen LogP contribution is -2.47. The van der Waals surface area contributed by atoms with Gasteiger partial charge in [-0.1, -0.05) is 6.07 Å². The van der Waals surface area contributed by atoms with Crippen molar-refractivity contribution in [1.82, 2.24) is 9.88 Å². The Morgan fingerprint density at radius 3 is 2.68 bits per heavy atom. The second kappa shape index (κ2) is 8.29.